The van der Waals surface area contributed by atoms with Gasteiger partial charge in [0.1, 0.15) is 23.9 Å². The lowest BCUT2D eigenvalue weighted by atomic mass is 9.72. The fourth-order valence-electron chi connectivity index (χ4n) is 9.36. The Bertz CT molecular complexity index is 3070. The molecule has 362 valence electrons. The minimum absolute atomic E-state index is 0.00191. The first-order valence-electron chi connectivity index (χ1n) is 22.9. The van der Waals surface area contributed by atoms with Crippen LogP contribution < -0.4 is 14.4 Å². The van der Waals surface area contributed by atoms with Gasteiger partial charge >= 0.3 is 5.69 Å². The Kier molecular flexibility index (Phi) is 13.5. The van der Waals surface area contributed by atoms with Crippen molar-refractivity contribution >= 4 is 72.5 Å². The molecule has 3 aliphatic rings. The summed E-state index contributed by atoms with van der Waals surface area (Å²) in [5, 5.41) is 18.5. The number of nitrogens with zero attached hydrogens (tertiary/aromatic N) is 8. The smallest absolute Gasteiger partial charge is 0.312 e. The molecule has 69 heavy (non-hydrogen) atoms. The lowest BCUT2D eigenvalue weighted by molar-refractivity contribution is -0.386. The number of carbonyl (C=O) groups is 2. The van der Waals surface area contributed by atoms with Gasteiger partial charge in [-0.1, -0.05) is 43.2 Å². The lowest BCUT2D eigenvalue weighted by Gasteiger charge is -2.39. The zero-order valence-corrected chi connectivity index (χ0v) is 40.6. The summed E-state index contributed by atoms with van der Waals surface area (Å²) in [5.74, 6) is -1.25. The molecular formula is C49H55ClN10O8S. The number of likely N-dealkylation sites (N-methyl/N-ethyl adjacent to an activating group) is 1. The third-order valence-electron chi connectivity index (χ3n) is 13.1. The molecule has 0 bridgehead atoms. The number of amides is 2. The number of aromatic amines is 1. The van der Waals surface area contributed by atoms with E-state index < -0.39 is 37.5 Å². The topological polar surface area (TPSA) is 201 Å². The minimum Gasteiger partial charge on any atom is -0.484 e. The Labute approximate surface area is 405 Å². The van der Waals surface area contributed by atoms with Gasteiger partial charge in [0.25, 0.3) is 15.9 Å². The van der Waals surface area contributed by atoms with Crippen molar-refractivity contribution in [2.24, 2.45) is 5.41 Å². The summed E-state index contributed by atoms with van der Waals surface area (Å²) in [5.41, 5.74) is 6.62. The number of H-pyrrole nitrogens is 1. The largest absolute Gasteiger partial charge is 0.484 e. The van der Waals surface area contributed by atoms with Gasteiger partial charge in [0.2, 0.25) is 5.91 Å². The fraction of sp³-hybridized carbons (Fsp3) is 0.388. The van der Waals surface area contributed by atoms with Crippen molar-refractivity contribution < 1.29 is 32.4 Å². The third-order valence-corrected chi connectivity index (χ3v) is 14.7. The molecule has 2 amide bonds. The maximum Gasteiger partial charge on any atom is 0.312 e. The van der Waals surface area contributed by atoms with Gasteiger partial charge in [0.05, 0.1) is 52.5 Å². The van der Waals surface area contributed by atoms with Crippen LogP contribution in [-0.4, -0.2) is 145 Å². The average molecular weight is 980 g/mol. The number of carbonyl (C=O) groups excluding carboxylic acids is 2. The number of hydrogen-bond donors (Lipinski definition) is 2. The van der Waals surface area contributed by atoms with Crippen LogP contribution in [0.25, 0.3) is 33.3 Å². The van der Waals surface area contributed by atoms with Crippen molar-refractivity contribution in [1.82, 2.24) is 39.2 Å². The maximum absolute atomic E-state index is 14.3. The number of nitrogens with one attached hydrogen (secondary N) is 2. The van der Waals surface area contributed by atoms with Crippen molar-refractivity contribution in [3.05, 3.63) is 117 Å². The predicted molar refractivity (Wildman–Crippen MR) is 263 cm³/mol. The maximum atomic E-state index is 14.3. The predicted octanol–water partition coefficient (Wildman–Crippen LogP) is 6.54. The van der Waals surface area contributed by atoms with Crippen LogP contribution in [-0.2, 0) is 19.6 Å². The number of morpholine rings is 1. The summed E-state index contributed by atoms with van der Waals surface area (Å²) >= 11 is 6.26. The number of fused-ring (bicyclic) bond motifs is 2. The van der Waals surface area contributed by atoms with Crippen molar-refractivity contribution in [3.63, 3.8) is 0 Å². The number of anilines is 1. The van der Waals surface area contributed by atoms with Crippen LogP contribution in [0.2, 0.25) is 5.02 Å². The van der Waals surface area contributed by atoms with E-state index in [2.05, 4.69) is 50.6 Å². The molecule has 0 saturated carbocycles. The number of allylic oxidation sites excluding steroid dienone is 1. The minimum atomic E-state index is -4.68. The van der Waals surface area contributed by atoms with Crippen molar-refractivity contribution in [2.75, 3.05) is 84.6 Å². The average Bonchev–Trinajstić information content (AvgIpc) is 3.97. The first-order chi connectivity index (χ1) is 33.0. The summed E-state index contributed by atoms with van der Waals surface area (Å²) in [6, 6.07) is 20.3. The van der Waals surface area contributed by atoms with E-state index in [-0.39, 0.29) is 48.9 Å². The highest BCUT2D eigenvalue weighted by Crippen LogP contribution is 2.43. The van der Waals surface area contributed by atoms with Gasteiger partial charge in [-0.2, -0.15) is 5.10 Å². The monoisotopic (exact) mass is 978 g/mol. The highest BCUT2D eigenvalue weighted by Gasteiger charge is 2.32. The number of aromatic nitrogens is 4. The van der Waals surface area contributed by atoms with Crippen LogP contribution in [0.4, 0.5) is 11.4 Å². The summed E-state index contributed by atoms with van der Waals surface area (Å²) in [7, 11) is -1.09. The number of pyridine rings is 1. The van der Waals surface area contributed by atoms with Gasteiger partial charge in [-0.05, 0) is 105 Å². The first-order valence-corrected chi connectivity index (χ1v) is 24.8. The Balaban J connectivity index is 0.946. The molecule has 2 fully saturated rings. The number of benzene rings is 3. The molecular weight excluding hydrogens is 924 g/mol. The lowest BCUT2D eigenvalue weighted by Crippen LogP contribution is -2.49. The zero-order valence-electron chi connectivity index (χ0n) is 39.0. The van der Waals surface area contributed by atoms with Crippen LogP contribution in [0, 0.1) is 15.5 Å². The molecule has 2 N–H and O–H groups in total. The van der Waals surface area contributed by atoms with Crippen molar-refractivity contribution in [2.45, 2.75) is 44.1 Å². The molecule has 0 radical (unpaired) electrons. The Hall–Kier alpha value is -6.38. The quantitative estimate of drug-likeness (QED) is 0.0882. The van der Waals surface area contributed by atoms with Crippen LogP contribution in [0.5, 0.6) is 5.75 Å². The molecule has 5 heterocycles. The van der Waals surface area contributed by atoms with Gasteiger partial charge < -0.3 is 29.2 Å². The number of hydrogen-bond acceptors (Lipinski definition) is 13. The number of piperazine rings is 1. The van der Waals surface area contributed by atoms with Crippen LogP contribution in [0.1, 0.15) is 49.0 Å². The second-order valence-electron chi connectivity index (χ2n) is 19.0. The van der Waals surface area contributed by atoms with Crippen molar-refractivity contribution in [3.8, 4) is 11.4 Å². The standard InChI is InChI=1S/C49H55ClN10O8S/c1-49(2)15-13-34(40(26-49)32-5-7-35(50)8-6-32)28-56-17-19-57(20-18-56)36-9-11-39(42(24-36)59-43-23-33-14-16-51-47(33)53-41(43)27-52-59)48(62)54-69(65,66)38-10-12-45(44(25-38)60(63)64)68-31-37-29-58(21-22-67-37)46(61)30-55(3)4/h5-12,14,16,23-25,27,37H,13,15,17-22,26,28-31H2,1-4H3,(H,51,53)(H,54,62)/t37-/m1/s1. The van der Waals surface area contributed by atoms with Crippen LogP contribution in [0.3, 0.4) is 0 Å². The van der Waals surface area contributed by atoms with E-state index in [9.17, 15) is 28.1 Å². The number of halogens is 1. The van der Waals surface area contributed by atoms with Gasteiger partial charge in [-0.25, -0.2) is 22.8 Å². The molecule has 3 aromatic heterocycles. The van der Waals surface area contributed by atoms with E-state index in [0.29, 0.717) is 42.0 Å². The molecule has 1 atom stereocenters. The number of nitro benzene ring substituents is 1. The normalized spacial score (nSPS) is 18.0. The van der Waals surface area contributed by atoms with Crippen LogP contribution in [0.15, 0.2) is 95.7 Å². The first kappa shape index (κ1) is 47.7. The molecule has 20 heteroatoms. The molecule has 0 spiro atoms. The Morgan fingerprint density at radius 1 is 1.03 bits per heavy atom. The summed E-state index contributed by atoms with van der Waals surface area (Å²) < 4.78 is 43.1. The van der Waals surface area contributed by atoms with Gasteiger partial charge in [-0.15, -0.1) is 0 Å². The SMILES string of the molecule is CN(C)CC(=O)N1CCO[C@@H](COc2ccc(S(=O)(=O)NC(=O)c3ccc(N4CCN(CC5=C(c6ccc(Cl)cc6)CC(C)(C)CC5)CC4)cc3-n3ncc4nc5[nH]ccc5cc43)cc2[N+](=O)[O-])C1. The molecule has 6 aromatic rings. The van der Waals surface area contributed by atoms with E-state index in [0.717, 1.165) is 67.1 Å². The van der Waals surface area contributed by atoms with E-state index in [4.69, 9.17) is 26.1 Å². The van der Waals surface area contributed by atoms with Gasteiger partial charge in [-0.3, -0.25) is 24.6 Å². The second kappa shape index (κ2) is 19.6. The molecule has 18 nitrogen and oxygen atoms in total. The Morgan fingerprint density at radius 3 is 2.57 bits per heavy atom. The fourth-order valence-corrected chi connectivity index (χ4v) is 10.5. The molecule has 1 aliphatic carbocycles. The Morgan fingerprint density at radius 2 is 1.81 bits per heavy atom. The molecule has 9 rings (SSSR count). The number of rotatable bonds is 14. The van der Waals surface area contributed by atoms with E-state index >= 15 is 0 Å². The number of sulfonamides is 1. The molecule has 2 aliphatic heterocycles. The summed E-state index contributed by atoms with van der Waals surface area (Å²) in [6.07, 6.45) is 5.95. The summed E-state index contributed by atoms with van der Waals surface area (Å²) in [4.78, 5) is 53.9. The van der Waals surface area contributed by atoms with E-state index in [1.165, 1.54) is 22.8 Å². The van der Waals surface area contributed by atoms with Crippen molar-refractivity contribution in [1.29, 1.82) is 0 Å². The van der Waals surface area contributed by atoms with E-state index in [1.807, 2.05) is 30.3 Å². The zero-order chi connectivity index (χ0) is 48.6. The number of ether oxygens (including phenoxy) is 2. The van der Waals surface area contributed by atoms with Crippen LogP contribution >= 0.6 is 11.6 Å². The second-order valence-corrected chi connectivity index (χ2v) is 21.1. The highest BCUT2D eigenvalue weighted by molar-refractivity contribution is 7.90. The third kappa shape index (κ3) is 10.6. The summed E-state index contributed by atoms with van der Waals surface area (Å²) in [6.45, 7) is 9.55. The molecule has 3 aromatic carbocycles. The highest BCUT2D eigenvalue weighted by atomic mass is 35.5. The molecule has 2 saturated heterocycles. The number of nitro groups is 1. The van der Waals surface area contributed by atoms with E-state index in [1.54, 1.807) is 53.1 Å². The van der Waals surface area contributed by atoms with Gasteiger partial charge in [0, 0.05) is 67.6 Å². The van der Waals surface area contributed by atoms with Gasteiger partial charge in [0.15, 0.2) is 5.75 Å². The molecule has 0 unspecified atom stereocenters.